The molecule has 1 N–H and O–H groups in total. The third-order valence-electron chi connectivity index (χ3n) is 4.29. The Hall–Kier alpha value is -3.39. The number of aryl methyl sites for hydroxylation is 1. The molecule has 0 spiro atoms. The number of imidazole rings is 1. The van der Waals surface area contributed by atoms with Crippen molar-refractivity contribution in [3.8, 4) is 0 Å². The number of nitrogens with one attached hydrogen (secondary N) is 1. The minimum Gasteiger partial charge on any atom is -0.383 e. The molecule has 0 saturated heterocycles. The van der Waals surface area contributed by atoms with Crippen molar-refractivity contribution in [1.29, 1.82) is 0 Å². The number of carbonyl (C=O) groups is 1. The van der Waals surface area contributed by atoms with Crippen molar-refractivity contribution < 1.29 is 9.53 Å². The Morgan fingerprint density at radius 1 is 1.19 bits per heavy atom. The van der Waals surface area contributed by atoms with Gasteiger partial charge in [-0.3, -0.25) is 9.78 Å². The summed E-state index contributed by atoms with van der Waals surface area (Å²) in [6.07, 6.45) is 3.35. The Labute approximate surface area is 155 Å². The molecule has 0 aliphatic rings. The van der Waals surface area contributed by atoms with Crippen molar-refractivity contribution in [2.45, 2.75) is 13.5 Å². The fraction of sp³-hybridized carbons (Fsp3) is 0.211. The first-order chi connectivity index (χ1) is 13.2. The molecule has 4 rings (SSSR count). The predicted molar refractivity (Wildman–Crippen MR) is 102 cm³/mol. The van der Waals surface area contributed by atoms with Crippen LogP contribution in [0.2, 0.25) is 0 Å². The highest BCUT2D eigenvalue weighted by molar-refractivity contribution is 6.09. The van der Waals surface area contributed by atoms with E-state index < -0.39 is 0 Å². The van der Waals surface area contributed by atoms with Crippen molar-refractivity contribution in [3.05, 3.63) is 54.1 Å². The molecule has 3 heterocycles. The lowest BCUT2D eigenvalue weighted by atomic mass is 10.1. The number of benzene rings is 1. The van der Waals surface area contributed by atoms with E-state index in [9.17, 15) is 4.79 Å². The van der Waals surface area contributed by atoms with Crippen LogP contribution in [-0.2, 0) is 11.3 Å². The highest BCUT2D eigenvalue weighted by Gasteiger charge is 2.13. The summed E-state index contributed by atoms with van der Waals surface area (Å²) in [6.45, 7) is 3.09. The zero-order chi connectivity index (χ0) is 18.8. The van der Waals surface area contributed by atoms with Gasteiger partial charge in [0.25, 0.3) is 5.91 Å². The summed E-state index contributed by atoms with van der Waals surface area (Å²) in [5.41, 5.74) is 4.15. The molecule has 0 atom stereocenters. The molecule has 4 aromatic rings. The molecule has 1 amide bonds. The molecule has 0 bridgehead atoms. The molecule has 27 heavy (non-hydrogen) atoms. The van der Waals surface area contributed by atoms with Crippen molar-refractivity contribution in [1.82, 2.24) is 24.7 Å². The van der Waals surface area contributed by atoms with Crippen LogP contribution >= 0.6 is 0 Å². The number of amides is 1. The van der Waals surface area contributed by atoms with Crippen molar-refractivity contribution in [2.24, 2.45) is 0 Å². The number of anilines is 1. The van der Waals surface area contributed by atoms with Gasteiger partial charge in [0.05, 0.1) is 35.9 Å². The number of nitrogens with zero attached hydrogens (tertiary/aromatic N) is 5. The van der Waals surface area contributed by atoms with Crippen LogP contribution in [0.1, 0.15) is 16.1 Å². The van der Waals surface area contributed by atoms with Gasteiger partial charge in [-0.15, -0.1) is 10.2 Å². The van der Waals surface area contributed by atoms with Crippen LogP contribution in [0, 0.1) is 6.92 Å². The smallest absolute Gasteiger partial charge is 0.255 e. The fourth-order valence-corrected chi connectivity index (χ4v) is 2.88. The Bertz CT molecular complexity index is 1120. The first-order valence-electron chi connectivity index (χ1n) is 8.50. The summed E-state index contributed by atoms with van der Waals surface area (Å²) in [5.74, 6) is -0.213. The number of ether oxygens (including phenoxy) is 1. The minimum absolute atomic E-state index is 0.213. The van der Waals surface area contributed by atoms with Gasteiger partial charge in [-0.25, -0.2) is 4.98 Å². The first-order valence-corrected chi connectivity index (χ1v) is 8.50. The summed E-state index contributed by atoms with van der Waals surface area (Å²) >= 11 is 0. The lowest BCUT2D eigenvalue weighted by molar-refractivity contribution is 0.102. The molecule has 0 fully saturated rings. The Kier molecular flexibility index (Phi) is 4.47. The highest BCUT2D eigenvalue weighted by atomic mass is 16.5. The summed E-state index contributed by atoms with van der Waals surface area (Å²) < 4.78 is 7.12. The molecule has 136 valence electrons. The van der Waals surface area contributed by atoms with Gasteiger partial charge >= 0.3 is 0 Å². The van der Waals surface area contributed by atoms with E-state index in [1.165, 1.54) is 0 Å². The molecule has 1 aromatic carbocycles. The lowest BCUT2D eigenvalue weighted by Crippen LogP contribution is -2.12. The molecule has 3 aromatic heterocycles. The van der Waals surface area contributed by atoms with Gasteiger partial charge in [-0.05, 0) is 37.3 Å². The topological polar surface area (TPSA) is 94.8 Å². The number of carbonyl (C=O) groups excluding carboxylic acids is 1. The van der Waals surface area contributed by atoms with E-state index in [1.54, 1.807) is 31.8 Å². The maximum Gasteiger partial charge on any atom is 0.255 e. The number of fused-ring (bicyclic) bond motifs is 3. The summed E-state index contributed by atoms with van der Waals surface area (Å²) in [6, 6.07) is 9.01. The number of hydrogen-bond acceptors (Lipinski definition) is 6. The van der Waals surface area contributed by atoms with Crippen LogP contribution in [-0.4, -0.2) is 44.4 Å². The van der Waals surface area contributed by atoms with E-state index in [4.69, 9.17) is 4.74 Å². The fourth-order valence-electron chi connectivity index (χ4n) is 2.88. The second kappa shape index (κ2) is 7.08. The predicted octanol–water partition coefficient (Wildman–Crippen LogP) is 2.58. The number of hydrogen-bond donors (Lipinski definition) is 1. The van der Waals surface area contributed by atoms with Crippen molar-refractivity contribution in [3.63, 3.8) is 0 Å². The molecule has 0 saturated carbocycles. The molecule has 8 nitrogen and oxygen atoms in total. The molecule has 0 unspecified atom stereocenters. The average molecular weight is 362 g/mol. The number of pyridine rings is 1. The maximum absolute atomic E-state index is 12.7. The van der Waals surface area contributed by atoms with Crippen LogP contribution in [0.3, 0.4) is 0 Å². The first kappa shape index (κ1) is 17.0. The van der Waals surface area contributed by atoms with Gasteiger partial charge in [-0.1, -0.05) is 0 Å². The van der Waals surface area contributed by atoms with Crippen molar-refractivity contribution in [2.75, 3.05) is 19.0 Å². The van der Waals surface area contributed by atoms with Gasteiger partial charge in [0.15, 0.2) is 0 Å². The molecule has 0 radical (unpaired) electrons. The van der Waals surface area contributed by atoms with E-state index in [0.717, 1.165) is 16.6 Å². The van der Waals surface area contributed by atoms with Crippen LogP contribution in [0.4, 0.5) is 5.69 Å². The van der Waals surface area contributed by atoms with E-state index >= 15 is 0 Å². The monoisotopic (exact) mass is 362 g/mol. The molecular formula is C19H18N6O2. The maximum atomic E-state index is 12.7. The van der Waals surface area contributed by atoms with E-state index in [2.05, 4.69) is 25.5 Å². The average Bonchev–Trinajstić information content (AvgIpc) is 3.11. The molecule has 0 aliphatic heterocycles. The SMILES string of the molecule is COCCn1cnc2nnc3ccc(C(=O)Nc4ccc(C)nc4)cc3c21. The van der Waals surface area contributed by atoms with Crippen molar-refractivity contribution >= 4 is 33.7 Å². The van der Waals surface area contributed by atoms with E-state index in [0.29, 0.717) is 35.6 Å². The van der Waals surface area contributed by atoms with Gasteiger partial charge in [0.2, 0.25) is 5.65 Å². The second-order valence-corrected chi connectivity index (χ2v) is 6.18. The van der Waals surface area contributed by atoms with Gasteiger partial charge in [0.1, 0.15) is 0 Å². The van der Waals surface area contributed by atoms with Gasteiger partial charge in [0, 0.05) is 30.3 Å². The normalized spacial score (nSPS) is 11.2. The molecule has 0 aliphatic carbocycles. The summed E-state index contributed by atoms with van der Waals surface area (Å²) in [7, 11) is 1.65. The van der Waals surface area contributed by atoms with E-state index in [-0.39, 0.29) is 5.91 Å². The molecule has 8 heteroatoms. The largest absolute Gasteiger partial charge is 0.383 e. The lowest BCUT2D eigenvalue weighted by Gasteiger charge is -2.08. The third-order valence-corrected chi connectivity index (χ3v) is 4.29. The zero-order valence-corrected chi connectivity index (χ0v) is 15.0. The quantitative estimate of drug-likeness (QED) is 0.586. The number of aromatic nitrogens is 5. The Balaban J connectivity index is 1.73. The van der Waals surface area contributed by atoms with Gasteiger partial charge < -0.3 is 14.6 Å². The Morgan fingerprint density at radius 3 is 2.85 bits per heavy atom. The second-order valence-electron chi connectivity index (χ2n) is 6.18. The third kappa shape index (κ3) is 3.34. The molecular weight excluding hydrogens is 344 g/mol. The summed E-state index contributed by atoms with van der Waals surface area (Å²) in [5, 5.41) is 12.0. The van der Waals surface area contributed by atoms with Crippen LogP contribution in [0.5, 0.6) is 0 Å². The Morgan fingerprint density at radius 2 is 2.07 bits per heavy atom. The van der Waals surface area contributed by atoms with Crippen LogP contribution in [0.15, 0.2) is 42.9 Å². The van der Waals surface area contributed by atoms with E-state index in [1.807, 2.05) is 29.7 Å². The van der Waals surface area contributed by atoms with Crippen LogP contribution in [0.25, 0.3) is 22.1 Å². The number of methoxy groups -OCH3 is 1. The standard InChI is InChI=1S/C19H18N6O2/c1-12-3-5-14(10-20-12)22-19(26)13-4-6-16-15(9-13)17-18(24-23-16)21-11-25(17)7-8-27-2/h3-6,9-11H,7-8H2,1-2H3,(H,22,26). The minimum atomic E-state index is -0.213. The number of rotatable bonds is 5. The zero-order valence-electron chi connectivity index (χ0n) is 15.0. The van der Waals surface area contributed by atoms with Crippen LogP contribution < -0.4 is 5.32 Å². The summed E-state index contributed by atoms with van der Waals surface area (Å²) in [4.78, 5) is 21.1. The highest BCUT2D eigenvalue weighted by Crippen LogP contribution is 2.23. The van der Waals surface area contributed by atoms with Gasteiger partial charge in [-0.2, -0.15) is 0 Å².